The Morgan fingerprint density at radius 1 is 1.00 bits per heavy atom. The van der Waals surface area contributed by atoms with Crippen LogP contribution < -0.4 is 11.1 Å². The van der Waals surface area contributed by atoms with Crippen molar-refractivity contribution in [2.45, 2.75) is 72.3 Å². The zero-order valence-corrected chi connectivity index (χ0v) is 14.6. The van der Waals surface area contributed by atoms with Gasteiger partial charge in [0.2, 0.25) is 0 Å². The average molecular weight is 299 g/mol. The van der Waals surface area contributed by atoms with E-state index in [4.69, 9.17) is 10.7 Å². The number of nitrogens with two attached hydrogens (primary N) is 1. The van der Waals surface area contributed by atoms with Gasteiger partial charge in [0, 0.05) is 11.3 Å². The maximum atomic E-state index is 6.21. The third kappa shape index (κ3) is 1.97. The second-order valence-corrected chi connectivity index (χ2v) is 10.0. The number of fused-ring (bicyclic) bond motifs is 1. The normalized spacial score (nSPS) is 41.1. The summed E-state index contributed by atoms with van der Waals surface area (Å²) >= 11 is 0. The standard InChI is InChI=1S/C19H29N3/c1-16(2)6-12-7-18(5)9-17(3,4)10-19(11-18)14(12)13(8-16)21-15(20)22-19/h7H,6,8-11H2,1-5H3,(H3,20,21,22)/t18-,19-/m0/s1. The first-order valence-corrected chi connectivity index (χ1v) is 8.60. The van der Waals surface area contributed by atoms with Crippen molar-refractivity contribution < 1.29 is 0 Å². The Balaban J connectivity index is 1.97. The molecule has 3 aliphatic carbocycles. The van der Waals surface area contributed by atoms with Crippen LogP contribution >= 0.6 is 0 Å². The van der Waals surface area contributed by atoms with E-state index in [2.05, 4.69) is 46.0 Å². The maximum absolute atomic E-state index is 6.21. The van der Waals surface area contributed by atoms with Gasteiger partial charge in [0.1, 0.15) is 0 Å². The van der Waals surface area contributed by atoms with E-state index in [1.165, 1.54) is 24.1 Å². The van der Waals surface area contributed by atoms with Gasteiger partial charge in [-0.25, -0.2) is 4.99 Å². The fraction of sp³-hybridized carbons (Fsp3) is 0.737. The zero-order chi connectivity index (χ0) is 16.0. The number of hydrogen-bond donors (Lipinski definition) is 2. The lowest BCUT2D eigenvalue weighted by Gasteiger charge is -2.58. The summed E-state index contributed by atoms with van der Waals surface area (Å²) in [6.07, 6.45) is 8.32. The summed E-state index contributed by atoms with van der Waals surface area (Å²) in [7, 11) is 0. The van der Waals surface area contributed by atoms with E-state index in [0.717, 1.165) is 19.3 Å². The van der Waals surface area contributed by atoms with E-state index >= 15 is 0 Å². The summed E-state index contributed by atoms with van der Waals surface area (Å²) in [6, 6.07) is 0. The number of nitrogens with zero attached hydrogens (tertiary/aromatic N) is 1. The first kappa shape index (κ1) is 14.3. The molecule has 0 aromatic rings. The number of nitrogens with one attached hydrogen (secondary N) is 1. The number of aliphatic imine (C=N–C) groups is 1. The minimum atomic E-state index is -0.0816. The van der Waals surface area contributed by atoms with Gasteiger partial charge in [0.05, 0.1) is 5.54 Å². The first-order valence-electron chi connectivity index (χ1n) is 8.60. The Labute approximate surface area is 134 Å². The summed E-state index contributed by atoms with van der Waals surface area (Å²) in [5, 5.41) is 3.41. The summed E-state index contributed by atoms with van der Waals surface area (Å²) in [5.74, 6) is 0.623. The van der Waals surface area contributed by atoms with Crippen LogP contribution in [0.25, 0.3) is 0 Å². The molecule has 0 unspecified atom stereocenters. The Kier molecular flexibility index (Phi) is 2.48. The molecule has 1 fully saturated rings. The molecule has 1 aliphatic heterocycles. The molecule has 1 spiro atoms. The summed E-state index contributed by atoms with van der Waals surface area (Å²) in [6.45, 7) is 11.9. The molecule has 0 aromatic carbocycles. The molecule has 0 amide bonds. The summed E-state index contributed by atoms with van der Waals surface area (Å²) in [5.41, 5.74) is 11.4. The van der Waals surface area contributed by atoms with Gasteiger partial charge in [-0.15, -0.1) is 0 Å². The van der Waals surface area contributed by atoms with Crippen LogP contribution in [-0.4, -0.2) is 11.5 Å². The smallest absolute Gasteiger partial charge is 0.193 e. The van der Waals surface area contributed by atoms with E-state index in [0.29, 0.717) is 16.8 Å². The van der Waals surface area contributed by atoms with E-state index in [1.807, 2.05) is 0 Å². The van der Waals surface area contributed by atoms with Gasteiger partial charge < -0.3 is 11.1 Å². The van der Waals surface area contributed by atoms with Gasteiger partial charge >= 0.3 is 0 Å². The molecular weight excluding hydrogens is 270 g/mol. The highest BCUT2D eigenvalue weighted by molar-refractivity contribution is 5.83. The molecule has 3 heteroatoms. The van der Waals surface area contributed by atoms with Crippen molar-refractivity contribution in [3.8, 4) is 0 Å². The maximum Gasteiger partial charge on any atom is 0.193 e. The summed E-state index contributed by atoms with van der Waals surface area (Å²) < 4.78 is 0. The highest BCUT2D eigenvalue weighted by Crippen LogP contribution is 2.63. The third-order valence-corrected chi connectivity index (χ3v) is 5.90. The Hall–Kier alpha value is -1.25. The molecular formula is C19H29N3. The second-order valence-electron chi connectivity index (χ2n) is 10.0. The lowest BCUT2D eigenvalue weighted by Crippen LogP contribution is -2.56. The molecule has 0 aromatic heterocycles. The number of guanidine groups is 1. The molecule has 4 aliphatic rings. The van der Waals surface area contributed by atoms with Crippen LogP contribution in [0.3, 0.4) is 0 Å². The van der Waals surface area contributed by atoms with Crippen molar-refractivity contribution in [3.05, 3.63) is 22.9 Å². The molecule has 0 radical (unpaired) electrons. The quantitative estimate of drug-likeness (QED) is 0.713. The lowest BCUT2D eigenvalue weighted by molar-refractivity contribution is 0.0727. The summed E-state index contributed by atoms with van der Waals surface area (Å²) in [4.78, 5) is 5.01. The highest BCUT2D eigenvalue weighted by atomic mass is 15.2. The molecule has 3 nitrogen and oxygen atoms in total. The topological polar surface area (TPSA) is 50.4 Å². The Bertz CT molecular complexity index is 650. The molecule has 0 saturated heterocycles. The van der Waals surface area contributed by atoms with Crippen LogP contribution in [-0.2, 0) is 0 Å². The van der Waals surface area contributed by atoms with Crippen molar-refractivity contribution in [2.75, 3.05) is 0 Å². The van der Waals surface area contributed by atoms with Crippen LogP contribution in [0.2, 0.25) is 0 Å². The molecule has 1 heterocycles. The Morgan fingerprint density at radius 2 is 1.73 bits per heavy atom. The number of allylic oxidation sites excluding steroid dienone is 2. The monoisotopic (exact) mass is 299 g/mol. The van der Waals surface area contributed by atoms with E-state index < -0.39 is 0 Å². The second kappa shape index (κ2) is 3.80. The van der Waals surface area contributed by atoms with Crippen LogP contribution in [0.5, 0.6) is 0 Å². The van der Waals surface area contributed by atoms with Gasteiger partial charge in [-0.05, 0) is 53.9 Å². The predicted octanol–water partition coefficient (Wildman–Crippen LogP) is 3.87. The molecule has 2 bridgehead atoms. The Morgan fingerprint density at radius 3 is 2.45 bits per heavy atom. The number of hydrogen-bond acceptors (Lipinski definition) is 3. The van der Waals surface area contributed by atoms with Gasteiger partial charge in [0.25, 0.3) is 0 Å². The predicted molar refractivity (Wildman–Crippen MR) is 91.4 cm³/mol. The van der Waals surface area contributed by atoms with Gasteiger partial charge in [-0.3, -0.25) is 0 Å². The minimum Gasteiger partial charge on any atom is -0.370 e. The average Bonchev–Trinajstić information content (AvgIpc) is 2.18. The zero-order valence-electron chi connectivity index (χ0n) is 14.6. The molecule has 4 rings (SSSR count). The molecule has 22 heavy (non-hydrogen) atoms. The van der Waals surface area contributed by atoms with Gasteiger partial charge in [-0.1, -0.05) is 40.7 Å². The van der Waals surface area contributed by atoms with E-state index in [-0.39, 0.29) is 11.0 Å². The fourth-order valence-electron chi connectivity index (χ4n) is 6.22. The molecule has 3 N–H and O–H groups in total. The van der Waals surface area contributed by atoms with Crippen molar-refractivity contribution in [2.24, 2.45) is 27.0 Å². The van der Waals surface area contributed by atoms with Crippen molar-refractivity contribution in [3.63, 3.8) is 0 Å². The van der Waals surface area contributed by atoms with Gasteiger partial charge in [-0.2, -0.15) is 0 Å². The molecule has 2 atom stereocenters. The van der Waals surface area contributed by atoms with Crippen LogP contribution in [0.1, 0.15) is 66.7 Å². The number of rotatable bonds is 0. The largest absolute Gasteiger partial charge is 0.370 e. The van der Waals surface area contributed by atoms with E-state index in [9.17, 15) is 0 Å². The van der Waals surface area contributed by atoms with Crippen molar-refractivity contribution in [1.29, 1.82) is 0 Å². The van der Waals surface area contributed by atoms with E-state index in [1.54, 1.807) is 5.57 Å². The van der Waals surface area contributed by atoms with Gasteiger partial charge in [0.15, 0.2) is 5.96 Å². The SMILES string of the molecule is CC1(C)CC2=C[C@@]3(C)CC(C)(C)C[C@@]4(C3)N=C(N)NC(=C24)C1. The van der Waals surface area contributed by atoms with Crippen LogP contribution in [0.15, 0.2) is 27.9 Å². The first-order chi connectivity index (χ1) is 10.0. The minimum absolute atomic E-state index is 0.0816. The molecule has 120 valence electrons. The van der Waals surface area contributed by atoms with Crippen LogP contribution in [0.4, 0.5) is 0 Å². The lowest BCUT2D eigenvalue weighted by atomic mass is 9.50. The fourth-order valence-corrected chi connectivity index (χ4v) is 6.22. The third-order valence-electron chi connectivity index (χ3n) is 5.90. The highest BCUT2D eigenvalue weighted by Gasteiger charge is 2.57. The van der Waals surface area contributed by atoms with Crippen LogP contribution in [0, 0.1) is 16.2 Å². The molecule has 1 saturated carbocycles. The van der Waals surface area contributed by atoms with Crippen molar-refractivity contribution >= 4 is 5.96 Å². The van der Waals surface area contributed by atoms with Crippen molar-refractivity contribution in [1.82, 2.24) is 5.32 Å².